The lowest BCUT2D eigenvalue weighted by Crippen LogP contribution is -2.23. The van der Waals surface area contributed by atoms with E-state index in [0.29, 0.717) is 16.7 Å². The Labute approximate surface area is 165 Å². The van der Waals surface area contributed by atoms with Crippen molar-refractivity contribution in [3.8, 4) is 17.3 Å². The number of hydrogen-bond acceptors (Lipinski definition) is 5. The molecule has 0 radical (unpaired) electrons. The summed E-state index contributed by atoms with van der Waals surface area (Å²) >= 11 is 0. The number of fused-ring (bicyclic) bond motifs is 1. The molecule has 6 heteroatoms. The summed E-state index contributed by atoms with van der Waals surface area (Å²) in [4.78, 5) is 25.4. The third-order valence-electron chi connectivity index (χ3n) is 4.54. The van der Waals surface area contributed by atoms with Gasteiger partial charge >= 0.3 is 5.63 Å². The fourth-order valence-electron chi connectivity index (χ4n) is 3.04. The number of nitrogens with zero attached hydrogens (tertiary/aromatic N) is 3. The van der Waals surface area contributed by atoms with Crippen LogP contribution < -0.4 is 11.2 Å². The van der Waals surface area contributed by atoms with Gasteiger partial charge < -0.3 is 4.42 Å². The van der Waals surface area contributed by atoms with Gasteiger partial charge in [-0.3, -0.25) is 4.79 Å². The van der Waals surface area contributed by atoms with E-state index in [1.54, 1.807) is 25.1 Å². The number of hydrogen-bond donors (Lipinski definition) is 0. The van der Waals surface area contributed by atoms with E-state index in [0.717, 1.165) is 10.2 Å². The third kappa shape index (κ3) is 3.37. The minimum atomic E-state index is -0.604. The number of para-hydroxylation sites is 1. The van der Waals surface area contributed by atoms with Gasteiger partial charge in [0.2, 0.25) is 0 Å². The Kier molecular flexibility index (Phi) is 4.63. The predicted octanol–water partition coefficient (Wildman–Crippen LogP) is 3.77. The van der Waals surface area contributed by atoms with Gasteiger partial charge in [-0.05, 0) is 36.8 Å². The first-order chi connectivity index (χ1) is 14.1. The van der Waals surface area contributed by atoms with E-state index >= 15 is 0 Å². The highest BCUT2D eigenvalue weighted by Crippen LogP contribution is 2.21. The first kappa shape index (κ1) is 18.1. The highest BCUT2D eigenvalue weighted by atomic mass is 16.4. The van der Waals surface area contributed by atoms with Crippen molar-refractivity contribution in [2.75, 3.05) is 0 Å². The van der Waals surface area contributed by atoms with Gasteiger partial charge in [-0.25, -0.2) is 4.79 Å². The number of rotatable bonds is 3. The van der Waals surface area contributed by atoms with Gasteiger partial charge in [0.05, 0.1) is 17.0 Å². The van der Waals surface area contributed by atoms with Crippen LogP contribution in [0.3, 0.4) is 0 Å². The third-order valence-corrected chi connectivity index (χ3v) is 4.54. The summed E-state index contributed by atoms with van der Waals surface area (Å²) in [5.74, 6) is 0. The molecule has 0 spiro atoms. The zero-order chi connectivity index (χ0) is 20.4. The predicted molar refractivity (Wildman–Crippen MR) is 111 cm³/mol. The van der Waals surface area contributed by atoms with Crippen molar-refractivity contribution in [3.63, 3.8) is 0 Å². The highest BCUT2D eigenvalue weighted by Gasteiger charge is 2.15. The summed E-state index contributed by atoms with van der Waals surface area (Å²) in [6.07, 6.45) is 0. The molecule has 2 aromatic heterocycles. The summed E-state index contributed by atoms with van der Waals surface area (Å²) in [5.41, 5.74) is 1.02. The van der Waals surface area contributed by atoms with Crippen LogP contribution in [0.15, 0.2) is 91.9 Å². The van der Waals surface area contributed by atoms with Crippen LogP contribution in [0.5, 0.6) is 0 Å². The second kappa shape index (κ2) is 7.41. The van der Waals surface area contributed by atoms with Gasteiger partial charge in [0, 0.05) is 5.39 Å². The van der Waals surface area contributed by atoms with Gasteiger partial charge in [0.15, 0.2) is 0 Å². The van der Waals surface area contributed by atoms with Crippen LogP contribution in [0, 0.1) is 11.3 Å². The molecule has 0 saturated heterocycles. The largest absolute Gasteiger partial charge is 0.422 e. The van der Waals surface area contributed by atoms with Crippen molar-refractivity contribution < 1.29 is 4.42 Å². The van der Waals surface area contributed by atoms with Crippen LogP contribution in [0.25, 0.3) is 22.2 Å². The number of nitriles is 1. The smallest absolute Gasteiger partial charge is 0.345 e. The SMILES string of the molecule is CC(=Nn1c(-c2cc3ccccc3oc2=O)ccc(C#N)c1=O)c1ccccc1. The molecule has 29 heavy (non-hydrogen) atoms. The first-order valence-electron chi connectivity index (χ1n) is 8.89. The molecule has 0 saturated carbocycles. The van der Waals surface area contributed by atoms with E-state index in [4.69, 9.17) is 4.42 Å². The van der Waals surface area contributed by atoms with E-state index in [2.05, 4.69) is 5.10 Å². The zero-order valence-corrected chi connectivity index (χ0v) is 15.5. The molecular formula is C23H15N3O3. The molecule has 4 rings (SSSR count). The van der Waals surface area contributed by atoms with Crippen LogP contribution in [0.4, 0.5) is 0 Å². The Morgan fingerprint density at radius 2 is 1.72 bits per heavy atom. The number of aromatic nitrogens is 1. The topological polar surface area (TPSA) is 88.4 Å². The average Bonchev–Trinajstić information content (AvgIpc) is 2.75. The monoisotopic (exact) mass is 381 g/mol. The molecular weight excluding hydrogens is 366 g/mol. The molecule has 0 aliphatic heterocycles. The van der Waals surface area contributed by atoms with Crippen molar-refractivity contribution in [1.29, 1.82) is 5.26 Å². The van der Waals surface area contributed by atoms with Crippen LogP contribution in [-0.2, 0) is 0 Å². The number of pyridine rings is 1. The molecule has 0 fully saturated rings. The maximum atomic E-state index is 12.8. The minimum Gasteiger partial charge on any atom is -0.422 e. The molecule has 0 unspecified atom stereocenters. The van der Waals surface area contributed by atoms with Crippen LogP contribution >= 0.6 is 0 Å². The zero-order valence-electron chi connectivity index (χ0n) is 15.5. The molecule has 6 nitrogen and oxygen atoms in total. The molecule has 4 aromatic rings. The van der Waals surface area contributed by atoms with E-state index in [1.807, 2.05) is 48.5 Å². The lowest BCUT2D eigenvalue weighted by Gasteiger charge is -2.10. The van der Waals surface area contributed by atoms with Crippen LogP contribution in [-0.4, -0.2) is 10.4 Å². The summed E-state index contributed by atoms with van der Waals surface area (Å²) in [6.45, 7) is 1.76. The van der Waals surface area contributed by atoms with Gasteiger partial charge in [-0.2, -0.15) is 15.0 Å². The van der Waals surface area contributed by atoms with Gasteiger partial charge in [0.25, 0.3) is 5.56 Å². The van der Waals surface area contributed by atoms with Crippen molar-refractivity contribution in [2.45, 2.75) is 6.92 Å². The lowest BCUT2D eigenvalue weighted by atomic mass is 10.1. The Hall–Kier alpha value is -4.24. The van der Waals surface area contributed by atoms with E-state index in [1.165, 1.54) is 12.1 Å². The lowest BCUT2D eigenvalue weighted by molar-refractivity contribution is 0.562. The van der Waals surface area contributed by atoms with Gasteiger partial charge in [0.1, 0.15) is 17.2 Å². The second-order valence-corrected chi connectivity index (χ2v) is 6.40. The molecule has 0 amide bonds. The van der Waals surface area contributed by atoms with Crippen LogP contribution in [0.2, 0.25) is 0 Å². The maximum absolute atomic E-state index is 12.8. The molecule has 140 valence electrons. The molecule has 0 atom stereocenters. The fraction of sp³-hybridized carbons (Fsp3) is 0.0435. The Morgan fingerprint density at radius 3 is 2.48 bits per heavy atom. The quantitative estimate of drug-likeness (QED) is 0.399. The summed E-state index contributed by atoms with van der Waals surface area (Å²) in [7, 11) is 0. The molecule has 0 bridgehead atoms. The average molecular weight is 381 g/mol. The molecule has 0 aliphatic carbocycles. The van der Waals surface area contributed by atoms with Crippen LogP contribution in [0.1, 0.15) is 18.1 Å². The Bertz CT molecular complexity index is 1410. The maximum Gasteiger partial charge on any atom is 0.345 e. The van der Waals surface area contributed by atoms with Crippen molar-refractivity contribution in [1.82, 2.24) is 4.68 Å². The second-order valence-electron chi connectivity index (χ2n) is 6.40. The Balaban J connectivity index is 2.00. The Morgan fingerprint density at radius 1 is 1.00 bits per heavy atom. The molecule has 2 aromatic carbocycles. The first-order valence-corrected chi connectivity index (χ1v) is 8.89. The van der Waals surface area contributed by atoms with E-state index in [-0.39, 0.29) is 16.8 Å². The summed E-state index contributed by atoms with van der Waals surface area (Å²) in [5, 5.41) is 14.4. The van der Waals surface area contributed by atoms with E-state index < -0.39 is 11.2 Å². The van der Waals surface area contributed by atoms with Gasteiger partial charge in [-0.1, -0.05) is 48.5 Å². The standard InChI is InChI=1S/C23H15N3O3/c1-15(16-7-3-2-4-8-16)25-26-20(12-11-18(14-24)22(26)27)19-13-17-9-5-6-10-21(17)29-23(19)28/h2-13H,1H3. The van der Waals surface area contributed by atoms with E-state index in [9.17, 15) is 14.9 Å². The molecule has 0 aliphatic rings. The van der Waals surface area contributed by atoms with Crippen molar-refractivity contribution in [2.24, 2.45) is 5.10 Å². The normalized spacial score (nSPS) is 11.4. The number of benzene rings is 2. The van der Waals surface area contributed by atoms with Gasteiger partial charge in [-0.15, -0.1) is 0 Å². The van der Waals surface area contributed by atoms with Crippen molar-refractivity contribution in [3.05, 3.63) is 105 Å². The molecule has 2 heterocycles. The minimum absolute atomic E-state index is 0.0662. The summed E-state index contributed by atoms with van der Waals surface area (Å²) in [6, 6.07) is 22.9. The summed E-state index contributed by atoms with van der Waals surface area (Å²) < 4.78 is 6.49. The highest BCUT2D eigenvalue weighted by molar-refractivity contribution is 5.98. The molecule has 0 N–H and O–H groups in total. The van der Waals surface area contributed by atoms with Crippen molar-refractivity contribution >= 4 is 16.7 Å². The fourth-order valence-corrected chi connectivity index (χ4v) is 3.04.